The van der Waals surface area contributed by atoms with Gasteiger partial charge in [0.1, 0.15) is 6.04 Å². The third-order valence-corrected chi connectivity index (χ3v) is 2.47. The van der Waals surface area contributed by atoms with Crippen LogP contribution in [0.3, 0.4) is 0 Å². The number of nitrogens with two attached hydrogens (primary N) is 1. The van der Waals surface area contributed by atoms with Gasteiger partial charge in [-0.2, -0.15) is 0 Å². The van der Waals surface area contributed by atoms with E-state index >= 15 is 0 Å². The molecular weight excluding hydrogens is 240 g/mol. The Labute approximate surface area is 105 Å². The normalized spacial score (nSPS) is 12.7. The summed E-state index contributed by atoms with van der Waals surface area (Å²) < 4.78 is 25.9. The second kappa shape index (κ2) is 6.42. The lowest BCUT2D eigenvalue weighted by molar-refractivity contribution is -0.120. The van der Waals surface area contributed by atoms with Crippen molar-refractivity contribution in [1.29, 1.82) is 0 Å². The number of nitrogens with zero attached hydrogens (tertiary/aromatic N) is 1. The summed E-state index contributed by atoms with van der Waals surface area (Å²) in [6.07, 6.45) is 0. The molecule has 0 saturated heterocycles. The van der Waals surface area contributed by atoms with Crippen LogP contribution in [0.5, 0.6) is 0 Å². The number of hydrogen-bond donors (Lipinski definition) is 2. The van der Waals surface area contributed by atoms with Crippen molar-refractivity contribution in [3.05, 3.63) is 35.4 Å². The molecule has 1 aromatic rings. The molecule has 0 aliphatic carbocycles. The second-order valence-electron chi connectivity index (χ2n) is 4.27. The van der Waals surface area contributed by atoms with Gasteiger partial charge in [0, 0.05) is 13.1 Å². The summed E-state index contributed by atoms with van der Waals surface area (Å²) >= 11 is 0. The van der Waals surface area contributed by atoms with Crippen molar-refractivity contribution in [3.8, 4) is 0 Å². The van der Waals surface area contributed by atoms with Crippen molar-refractivity contribution in [2.24, 2.45) is 5.73 Å². The van der Waals surface area contributed by atoms with Crippen LogP contribution in [0, 0.1) is 11.6 Å². The van der Waals surface area contributed by atoms with Crippen LogP contribution in [0.4, 0.5) is 8.78 Å². The standard InChI is InChI=1S/C12H17F2N3O/c1-17(2)6-5-16-11(12(15)18)8-3-4-9(13)10(14)7-8/h3-4,7,11,16H,5-6H2,1-2H3,(H2,15,18). The molecule has 0 spiro atoms. The molecule has 100 valence electrons. The van der Waals surface area contributed by atoms with Crippen molar-refractivity contribution in [3.63, 3.8) is 0 Å². The van der Waals surface area contributed by atoms with E-state index in [0.717, 1.165) is 12.1 Å². The highest BCUT2D eigenvalue weighted by molar-refractivity contribution is 5.81. The molecule has 0 fully saturated rings. The van der Waals surface area contributed by atoms with Gasteiger partial charge < -0.3 is 16.0 Å². The topological polar surface area (TPSA) is 58.4 Å². The van der Waals surface area contributed by atoms with E-state index in [2.05, 4.69) is 5.32 Å². The molecule has 3 N–H and O–H groups in total. The third-order valence-electron chi connectivity index (χ3n) is 2.47. The van der Waals surface area contributed by atoms with Crippen LogP contribution in [0.2, 0.25) is 0 Å². The lowest BCUT2D eigenvalue weighted by Crippen LogP contribution is -2.37. The molecule has 6 heteroatoms. The van der Waals surface area contributed by atoms with E-state index in [1.807, 2.05) is 19.0 Å². The third kappa shape index (κ3) is 4.05. The number of nitrogens with one attached hydrogen (secondary N) is 1. The van der Waals surface area contributed by atoms with Crippen LogP contribution in [-0.4, -0.2) is 38.0 Å². The Morgan fingerprint density at radius 1 is 1.39 bits per heavy atom. The van der Waals surface area contributed by atoms with Crippen molar-refractivity contribution in [1.82, 2.24) is 10.2 Å². The number of halogens is 2. The molecule has 1 atom stereocenters. The zero-order valence-electron chi connectivity index (χ0n) is 10.4. The largest absolute Gasteiger partial charge is 0.368 e. The molecule has 0 aromatic heterocycles. The van der Waals surface area contributed by atoms with Gasteiger partial charge in [-0.25, -0.2) is 8.78 Å². The molecule has 1 unspecified atom stereocenters. The first-order valence-electron chi connectivity index (χ1n) is 5.54. The van der Waals surface area contributed by atoms with Crippen LogP contribution in [0.25, 0.3) is 0 Å². The lowest BCUT2D eigenvalue weighted by Gasteiger charge is -2.17. The zero-order chi connectivity index (χ0) is 13.7. The van der Waals surface area contributed by atoms with E-state index in [1.165, 1.54) is 6.07 Å². The minimum atomic E-state index is -0.992. The van der Waals surface area contributed by atoms with Crippen molar-refractivity contribution < 1.29 is 13.6 Å². The summed E-state index contributed by atoms with van der Waals surface area (Å²) in [5.41, 5.74) is 5.56. The Morgan fingerprint density at radius 3 is 2.56 bits per heavy atom. The van der Waals surface area contributed by atoms with E-state index in [9.17, 15) is 13.6 Å². The number of hydrogen-bond acceptors (Lipinski definition) is 3. The van der Waals surface area contributed by atoms with E-state index in [1.54, 1.807) is 0 Å². The lowest BCUT2D eigenvalue weighted by atomic mass is 10.1. The Bertz CT molecular complexity index is 424. The number of primary amides is 1. The highest BCUT2D eigenvalue weighted by Gasteiger charge is 2.18. The van der Waals surface area contributed by atoms with Crippen molar-refractivity contribution in [2.45, 2.75) is 6.04 Å². The van der Waals surface area contributed by atoms with Crippen LogP contribution in [0.1, 0.15) is 11.6 Å². The van der Waals surface area contributed by atoms with Crippen LogP contribution in [0.15, 0.2) is 18.2 Å². The van der Waals surface area contributed by atoms with Crippen LogP contribution in [-0.2, 0) is 4.79 Å². The number of amides is 1. The predicted molar refractivity (Wildman–Crippen MR) is 64.9 cm³/mol. The monoisotopic (exact) mass is 257 g/mol. The van der Waals surface area contributed by atoms with E-state index in [4.69, 9.17) is 5.73 Å². The summed E-state index contributed by atoms with van der Waals surface area (Å²) in [5.74, 6) is -2.57. The molecule has 0 aliphatic heterocycles. The molecular formula is C12H17F2N3O. The van der Waals surface area contributed by atoms with Crippen LogP contribution >= 0.6 is 0 Å². The maximum absolute atomic E-state index is 13.1. The van der Waals surface area contributed by atoms with E-state index in [0.29, 0.717) is 18.7 Å². The molecule has 0 radical (unpaired) electrons. The highest BCUT2D eigenvalue weighted by Crippen LogP contribution is 2.16. The fraction of sp³-hybridized carbons (Fsp3) is 0.417. The molecule has 0 bridgehead atoms. The molecule has 0 aliphatic rings. The Kier molecular flexibility index (Phi) is 5.18. The number of benzene rings is 1. The van der Waals surface area contributed by atoms with Gasteiger partial charge in [-0.15, -0.1) is 0 Å². The Balaban J connectivity index is 2.78. The zero-order valence-corrected chi connectivity index (χ0v) is 10.4. The number of carbonyl (C=O) groups is 1. The highest BCUT2D eigenvalue weighted by atomic mass is 19.2. The smallest absolute Gasteiger partial charge is 0.239 e. The minimum Gasteiger partial charge on any atom is -0.368 e. The SMILES string of the molecule is CN(C)CCNC(C(N)=O)c1ccc(F)c(F)c1. The van der Waals surface area contributed by atoms with Gasteiger partial charge >= 0.3 is 0 Å². The maximum atomic E-state index is 13.1. The first-order chi connectivity index (χ1) is 8.41. The summed E-state index contributed by atoms with van der Waals surface area (Å²) in [4.78, 5) is 13.2. The minimum absolute atomic E-state index is 0.320. The summed E-state index contributed by atoms with van der Waals surface area (Å²) in [7, 11) is 3.77. The average molecular weight is 257 g/mol. The first kappa shape index (κ1) is 14.5. The Morgan fingerprint density at radius 2 is 2.06 bits per heavy atom. The molecule has 1 amide bonds. The molecule has 18 heavy (non-hydrogen) atoms. The maximum Gasteiger partial charge on any atom is 0.239 e. The molecule has 4 nitrogen and oxygen atoms in total. The predicted octanol–water partition coefficient (Wildman–Crippen LogP) is 0.642. The number of rotatable bonds is 6. The van der Waals surface area contributed by atoms with Crippen LogP contribution < -0.4 is 11.1 Å². The fourth-order valence-corrected chi connectivity index (χ4v) is 1.51. The molecule has 1 aromatic carbocycles. The molecule has 1 rings (SSSR count). The average Bonchev–Trinajstić information content (AvgIpc) is 2.27. The van der Waals surface area contributed by atoms with Gasteiger partial charge in [0.2, 0.25) is 5.91 Å². The van der Waals surface area contributed by atoms with E-state index in [-0.39, 0.29) is 0 Å². The van der Waals surface area contributed by atoms with Gasteiger partial charge in [-0.3, -0.25) is 4.79 Å². The fourth-order valence-electron chi connectivity index (χ4n) is 1.51. The molecule has 0 saturated carbocycles. The van der Waals surface area contributed by atoms with Gasteiger partial charge in [0.25, 0.3) is 0 Å². The van der Waals surface area contributed by atoms with Gasteiger partial charge in [-0.1, -0.05) is 6.07 Å². The Hall–Kier alpha value is -1.53. The first-order valence-corrected chi connectivity index (χ1v) is 5.54. The number of carbonyl (C=O) groups excluding carboxylic acids is 1. The van der Waals surface area contributed by atoms with Gasteiger partial charge in [0.05, 0.1) is 0 Å². The van der Waals surface area contributed by atoms with Crippen molar-refractivity contribution in [2.75, 3.05) is 27.2 Å². The van der Waals surface area contributed by atoms with Gasteiger partial charge in [0.15, 0.2) is 11.6 Å². The summed E-state index contributed by atoms with van der Waals surface area (Å²) in [6.45, 7) is 1.22. The summed E-state index contributed by atoms with van der Waals surface area (Å²) in [5, 5.41) is 2.91. The molecule has 0 heterocycles. The second-order valence-corrected chi connectivity index (χ2v) is 4.27. The quantitative estimate of drug-likeness (QED) is 0.786. The van der Waals surface area contributed by atoms with Crippen molar-refractivity contribution >= 4 is 5.91 Å². The van der Waals surface area contributed by atoms with E-state index < -0.39 is 23.6 Å². The van der Waals surface area contributed by atoms with Gasteiger partial charge in [-0.05, 0) is 31.8 Å². The summed E-state index contributed by atoms with van der Waals surface area (Å²) in [6, 6.07) is 2.48. The number of likely N-dealkylation sites (N-methyl/N-ethyl adjacent to an activating group) is 1.